The van der Waals surface area contributed by atoms with E-state index < -0.39 is 13.8 Å². The van der Waals surface area contributed by atoms with Crippen LogP contribution in [0.4, 0.5) is 5.69 Å². The summed E-state index contributed by atoms with van der Waals surface area (Å²) in [5, 5.41) is 14.8. The highest BCUT2D eigenvalue weighted by atomic mass is 28.3. The summed E-state index contributed by atoms with van der Waals surface area (Å²) < 4.78 is 5.76. The Kier molecular flexibility index (Phi) is 7.35. The summed E-state index contributed by atoms with van der Waals surface area (Å²) in [6.45, 7) is 17.0. The van der Waals surface area contributed by atoms with Gasteiger partial charge in [-0.25, -0.2) is 0 Å². The Hall–Kier alpha value is -1.78. The number of aliphatic hydroxyl groups excluding tert-OH is 1. The molecule has 0 radical (unpaired) electrons. The second kappa shape index (κ2) is 9.14. The lowest BCUT2D eigenvalue weighted by Gasteiger charge is -2.41. The Bertz CT molecular complexity index is 748. The fraction of sp³-hybridized carbons (Fsp3) is 0.500. The minimum absolute atomic E-state index is 0.116. The predicted molar refractivity (Wildman–Crippen MR) is 123 cm³/mol. The Morgan fingerprint density at radius 2 is 1.61 bits per heavy atom. The Morgan fingerprint density at radius 3 is 2.18 bits per heavy atom. The number of anilines is 1. The number of para-hydroxylation sites is 1. The van der Waals surface area contributed by atoms with Gasteiger partial charge < -0.3 is 15.2 Å². The summed E-state index contributed by atoms with van der Waals surface area (Å²) in [5.41, 5.74) is 2.79. The summed E-state index contributed by atoms with van der Waals surface area (Å²) in [6, 6.07) is 16.4. The van der Waals surface area contributed by atoms with Gasteiger partial charge in [-0.05, 0) is 34.7 Å². The maximum Gasteiger partial charge on any atom is 0.119 e. The maximum atomic E-state index is 11.2. The number of nitrogens with one attached hydrogen (secondary N) is 1. The molecule has 4 heteroatoms. The quantitative estimate of drug-likeness (QED) is 0.504. The average molecular weight is 400 g/mol. The van der Waals surface area contributed by atoms with Gasteiger partial charge >= 0.3 is 0 Å². The lowest BCUT2D eigenvalue weighted by atomic mass is 10.1. The lowest BCUT2D eigenvalue weighted by molar-refractivity contribution is 0.243. The topological polar surface area (TPSA) is 41.5 Å². The number of hydrogen-bond donors (Lipinski definition) is 2. The molecule has 2 aromatic rings. The van der Waals surface area contributed by atoms with Crippen LogP contribution in [0.2, 0.25) is 18.1 Å². The van der Waals surface area contributed by atoms with Crippen molar-refractivity contribution >= 4 is 13.8 Å². The van der Waals surface area contributed by atoms with Gasteiger partial charge in [0.15, 0.2) is 0 Å². The van der Waals surface area contributed by atoms with Gasteiger partial charge in [-0.3, -0.25) is 0 Å². The van der Waals surface area contributed by atoms with Crippen molar-refractivity contribution in [1.29, 1.82) is 0 Å². The van der Waals surface area contributed by atoms with E-state index in [9.17, 15) is 5.11 Å². The van der Waals surface area contributed by atoms with Gasteiger partial charge in [0.25, 0.3) is 0 Å². The molecule has 2 N–H and O–H groups in total. The lowest BCUT2D eigenvalue weighted by Crippen LogP contribution is -2.44. The maximum absolute atomic E-state index is 11.2. The molecular formula is C24H37NO2Si. The van der Waals surface area contributed by atoms with Gasteiger partial charge in [-0.15, -0.1) is 0 Å². The molecule has 0 fully saturated rings. The Morgan fingerprint density at radius 1 is 1.00 bits per heavy atom. The standard InChI is InChI=1S/C24H37NO2Si/c1-18(2)17-27-20-14-12-19(13-15-20)16-25-22-11-9-8-10-21(22)23(26)28(6,7)24(3,4)5/h8-15,18,23,25-26H,16-17H2,1-7H3. The molecule has 0 bridgehead atoms. The van der Waals surface area contributed by atoms with Crippen LogP contribution in [0, 0.1) is 5.92 Å². The third-order valence-electron chi connectivity index (χ3n) is 5.86. The van der Waals surface area contributed by atoms with Gasteiger partial charge in [0.1, 0.15) is 5.75 Å². The molecule has 0 aliphatic rings. The van der Waals surface area contributed by atoms with Crippen LogP contribution in [0.3, 0.4) is 0 Å². The fourth-order valence-corrected chi connectivity index (χ4v) is 4.71. The van der Waals surface area contributed by atoms with Crippen LogP contribution < -0.4 is 10.1 Å². The van der Waals surface area contributed by atoms with Crippen molar-refractivity contribution in [3.8, 4) is 5.75 Å². The van der Waals surface area contributed by atoms with Gasteiger partial charge in [-0.2, -0.15) is 0 Å². The Balaban J connectivity index is 2.10. The van der Waals surface area contributed by atoms with Crippen molar-refractivity contribution in [3.63, 3.8) is 0 Å². The molecule has 0 saturated carbocycles. The van der Waals surface area contributed by atoms with E-state index in [0.717, 1.165) is 23.6 Å². The summed E-state index contributed by atoms with van der Waals surface area (Å²) in [7, 11) is -1.92. The van der Waals surface area contributed by atoms with E-state index in [1.54, 1.807) is 0 Å². The fourth-order valence-electron chi connectivity index (χ4n) is 2.86. The monoisotopic (exact) mass is 399 g/mol. The van der Waals surface area contributed by atoms with E-state index in [1.165, 1.54) is 5.56 Å². The minimum atomic E-state index is -1.92. The predicted octanol–water partition coefficient (Wildman–Crippen LogP) is 6.41. The van der Waals surface area contributed by atoms with E-state index in [-0.39, 0.29) is 5.04 Å². The van der Waals surface area contributed by atoms with Crippen LogP contribution in [0.1, 0.15) is 51.5 Å². The van der Waals surface area contributed by atoms with Crippen LogP contribution in [-0.4, -0.2) is 19.8 Å². The van der Waals surface area contributed by atoms with Gasteiger partial charge in [0.2, 0.25) is 0 Å². The van der Waals surface area contributed by atoms with Crippen molar-refractivity contribution in [2.75, 3.05) is 11.9 Å². The second-order valence-electron chi connectivity index (χ2n) is 9.66. The van der Waals surface area contributed by atoms with Crippen molar-refractivity contribution in [3.05, 3.63) is 59.7 Å². The highest BCUT2D eigenvalue weighted by Gasteiger charge is 2.42. The molecule has 28 heavy (non-hydrogen) atoms. The first-order valence-corrected chi connectivity index (χ1v) is 13.3. The van der Waals surface area contributed by atoms with Crippen molar-refractivity contribution in [1.82, 2.24) is 0 Å². The molecule has 0 aliphatic carbocycles. The SMILES string of the molecule is CC(C)COc1ccc(CNc2ccccc2C(O)[Si](C)(C)C(C)(C)C)cc1. The number of rotatable bonds is 8. The molecule has 0 aromatic heterocycles. The van der Waals surface area contributed by atoms with E-state index in [2.05, 4.69) is 77.3 Å². The normalized spacial score (nSPS) is 13.5. The molecule has 1 atom stereocenters. The van der Waals surface area contributed by atoms with Gasteiger partial charge in [-0.1, -0.05) is 78.0 Å². The van der Waals surface area contributed by atoms with Crippen molar-refractivity contribution in [2.24, 2.45) is 5.92 Å². The Labute approximate surface area is 172 Å². The van der Waals surface area contributed by atoms with Crippen LogP contribution >= 0.6 is 0 Å². The molecule has 2 rings (SSSR count). The number of ether oxygens (including phenoxy) is 1. The molecule has 0 saturated heterocycles. The highest BCUT2D eigenvalue weighted by Crippen LogP contribution is 2.44. The number of aliphatic hydroxyl groups is 1. The summed E-state index contributed by atoms with van der Waals surface area (Å²) in [6.07, 6.45) is 0. The van der Waals surface area contributed by atoms with Crippen LogP contribution in [-0.2, 0) is 6.54 Å². The van der Waals surface area contributed by atoms with E-state index in [1.807, 2.05) is 24.3 Å². The second-order valence-corrected chi connectivity index (χ2v) is 15.2. The first kappa shape index (κ1) is 22.5. The average Bonchev–Trinajstić information content (AvgIpc) is 2.64. The summed E-state index contributed by atoms with van der Waals surface area (Å²) in [4.78, 5) is 0. The summed E-state index contributed by atoms with van der Waals surface area (Å²) >= 11 is 0. The molecule has 0 spiro atoms. The van der Waals surface area contributed by atoms with E-state index >= 15 is 0 Å². The molecule has 1 unspecified atom stereocenters. The minimum Gasteiger partial charge on any atom is -0.493 e. The number of benzene rings is 2. The smallest absolute Gasteiger partial charge is 0.119 e. The van der Waals surface area contributed by atoms with Crippen LogP contribution in [0.15, 0.2) is 48.5 Å². The zero-order valence-electron chi connectivity index (χ0n) is 18.5. The molecule has 2 aromatic carbocycles. The zero-order chi connectivity index (χ0) is 20.9. The molecule has 0 heterocycles. The zero-order valence-corrected chi connectivity index (χ0v) is 19.5. The third kappa shape index (κ3) is 5.61. The van der Waals surface area contributed by atoms with Crippen molar-refractivity contribution in [2.45, 2.75) is 65.0 Å². The van der Waals surface area contributed by atoms with E-state index in [4.69, 9.17) is 4.74 Å². The first-order valence-electron chi connectivity index (χ1n) is 10.2. The third-order valence-corrected chi connectivity index (χ3v) is 11.4. The van der Waals surface area contributed by atoms with Crippen molar-refractivity contribution < 1.29 is 9.84 Å². The molecule has 0 amide bonds. The molecule has 3 nitrogen and oxygen atoms in total. The largest absolute Gasteiger partial charge is 0.493 e. The molecule has 154 valence electrons. The first-order chi connectivity index (χ1) is 13.0. The molecule has 0 aliphatic heterocycles. The van der Waals surface area contributed by atoms with Crippen LogP contribution in [0.5, 0.6) is 5.75 Å². The highest BCUT2D eigenvalue weighted by molar-refractivity contribution is 6.81. The van der Waals surface area contributed by atoms with Gasteiger partial charge in [0, 0.05) is 17.8 Å². The summed E-state index contributed by atoms with van der Waals surface area (Å²) in [5.74, 6) is 1.43. The van der Waals surface area contributed by atoms with E-state index in [0.29, 0.717) is 12.5 Å². The van der Waals surface area contributed by atoms with Crippen LogP contribution in [0.25, 0.3) is 0 Å². The van der Waals surface area contributed by atoms with Gasteiger partial charge in [0.05, 0.1) is 20.4 Å². The molecular weight excluding hydrogens is 362 g/mol. The number of hydrogen-bond acceptors (Lipinski definition) is 3.